The second-order valence-electron chi connectivity index (χ2n) is 6.41. The van der Waals surface area contributed by atoms with Gasteiger partial charge in [0.1, 0.15) is 5.75 Å². The van der Waals surface area contributed by atoms with Crippen LogP contribution in [-0.2, 0) is 11.3 Å². The third kappa shape index (κ3) is 4.87. The fraction of sp³-hybridized carbons (Fsp3) is 0.611. The quantitative estimate of drug-likeness (QED) is 0.766. The normalized spacial score (nSPS) is 17.9. The van der Waals surface area contributed by atoms with Gasteiger partial charge in [-0.3, -0.25) is 4.79 Å². The molecule has 0 bridgehead atoms. The summed E-state index contributed by atoms with van der Waals surface area (Å²) in [5, 5.41) is 3.34. The molecule has 0 spiro atoms. The van der Waals surface area contributed by atoms with Gasteiger partial charge in [0.15, 0.2) is 0 Å². The Morgan fingerprint density at radius 1 is 1.29 bits per heavy atom. The number of carbonyl (C=O) groups excluding carboxylic acids is 1. The number of amides is 1. The maximum Gasteiger partial charge on any atom is 0.226 e. The minimum atomic E-state index is 0. The summed E-state index contributed by atoms with van der Waals surface area (Å²) in [5.41, 5.74) is 1.09. The first kappa shape index (κ1) is 19.5. The Bertz CT molecular complexity index is 560. The second-order valence-corrected chi connectivity index (χ2v) is 7.32. The zero-order valence-corrected chi connectivity index (χ0v) is 16.5. The van der Waals surface area contributed by atoms with E-state index in [1.54, 1.807) is 0 Å². The summed E-state index contributed by atoms with van der Waals surface area (Å²) in [6.07, 6.45) is 4.18. The molecular weight excluding hydrogens is 392 g/mol. The van der Waals surface area contributed by atoms with Crippen molar-refractivity contribution in [3.63, 3.8) is 0 Å². The largest absolute Gasteiger partial charge is 0.494 e. The molecule has 134 valence electrons. The van der Waals surface area contributed by atoms with Crippen LogP contribution in [0.1, 0.15) is 38.2 Å². The van der Waals surface area contributed by atoms with E-state index < -0.39 is 0 Å². The number of piperidine rings is 1. The van der Waals surface area contributed by atoms with Crippen molar-refractivity contribution in [2.24, 2.45) is 5.92 Å². The van der Waals surface area contributed by atoms with E-state index >= 15 is 0 Å². The first-order valence-electron chi connectivity index (χ1n) is 8.61. The monoisotopic (exact) mass is 416 g/mol. The number of carbonyl (C=O) groups is 1. The first-order chi connectivity index (χ1) is 11.2. The van der Waals surface area contributed by atoms with Crippen molar-refractivity contribution in [2.75, 3.05) is 19.7 Å². The van der Waals surface area contributed by atoms with Crippen LogP contribution in [0.4, 0.5) is 0 Å². The van der Waals surface area contributed by atoms with Crippen LogP contribution in [-0.4, -0.2) is 36.5 Å². The molecule has 1 heterocycles. The highest BCUT2D eigenvalue weighted by molar-refractivity contribution is 9.10. The summed E-state index contributed by atoms with van der Waals surface area (Å²) in [5.74, 6) is 1.40. The Labute approximate surface area is 158 Å². The minimum absolute atomic E-state index is 0. The standard InChI is InChI=1S/C18H25BrN2O2.ClH/c1-2-23-17-6-3-15(19)11-14(17)12-21(16-4-5-16)18(22)13-7-9-20-10-8-13;/h3,6,11,13,16,20H,2,4-5,7-10,12H2,1H3;1H. The highest BCUT2D eigenvalue weighted by Crippen LogP contribution is 2.33. The number of ether oxygens (including phenoxy) is 1. The van der Waals surface area contributed by atoms with E-state index in [1.807, 2.05) is 19.1 Å². The summed E-state index contributed by atoms with van der Waals surface area (Å²) in [7, 11) is 0. The van der Waals surface area contributed by atoms with Crippen molar-refractivity contribution in [1.82, 2.24) is 10.2 Å². The van der Waals surface area contributed by atoms with Crippen LogP contribution in [0.15, 0.2) is 22.7 Å². The molecule has 1 saturated carbocycles. The lowest BCUT2D eigenvalue weighted by atomic mass is 9.96. The predicted octanol–water partition coefficient (Wildman–Crippen LogP) is 3.76. The SMILES string of the molecule is CCOc1ccc(Br)cc1CN(C(=O)C1CCNCC1)C1CC1.Cl. The molecule has 1 aromatic carbocycles. The van der Waals surface area contributed by atoms with E-state index in [2.05, 4.69) is 32.2 Å². The van der Waals surface area contributed by atoms with Gasteiger partial charge in [0, 0.05) is 28.5 Å². The van der Waals surface area contributed by atoms with Crippen LogP contribution >= 0.6 is 28.3 Å². The van der Waals surface area contributed by atoms with Crippen LogP contribution < -0.4 is 10.1 Å². The summed E-state index contributed by atoms with van der Waals surface area (Å²) >= 11 is 3.54. The Balaban J connectivity index is 0.00000208. The molecule has 1 aromatic rings. The van der Waals surface area contributed by atoms with Crippen molar-refractivity contribution >= 4 is 34.2 Å². The summed E-state index contributed by atoms with van der Waals surface area (Å²) in [6, 6.07) is 6.48. The predicted molar refractivity (Wildman–Crippen MR) is 102 cm³/mol. The molecule has 0 unspecified atom stereocenters. The summed E-state index contributed by atoms with van der Waals surface area (Å²) in [4.78, 5) is 15.1. The minimum Gasteiger partial charge on any atom is -0.494 e. The average molecular weight is 418 g/mol. The van der Waals surface area contributed by atoms with E-state index in [1.165, 1.54) is 0 Å². The van der Waals surface area contributed by atoms with E-state index in [-0.39, 0.29) is 18.3 Å². The molecule has 1 aliphatic carbocycles. The van der Waals surface area contributed by atoms with Crippen molar-refractivity contribution < 1.29 is 9.53 Å². The fourth-order valence-corrected chi connectivity index (χ4v) is 3.64. The molecule has 2 aliphatic rings. The topological polar surface area (TPSA) is 41.6 Å². The van der Waals surface area contributed by atoms with E-state index in [0.29, 0.717) is 25.1 Å². The highest BCUT2D eigenvalue weighted by Gasteiger charge is 2.36. The van der Waals surface area contributed by atoms with Gasteiger partial charge in [-0.2, -0.15) is 0 Å². The maximum absolute atomic E-state index is 13.0. The van der Waals surface area contributed by atoms with Crippen molar-refractivity contribution in [3.05, 3.63) is 28.2 Å². The molecule has 0 aromatic heterocycles. The Morgan fingerprint density at radius 2 is 2.00 bits per heavy atom. The summed E-state index contributed by atoms with van der Waals surface area (Å²) < 4.78 is 6.78. The molecule has 3 rings (SSSR count). The average Bonchev–Trinajstić information content (AvgIpc) is 3.40. The third-order valence-corrected chi connectivity index (χ3v) is 5.12. The number of benzene rings is 1. The molecule has 1 N–H and O–H groups in total. The van der Waals surface area contributed by atoms with Crippen LogP contribution in [0.2, 0.25) is 0 Å². The number of hydrogen-bond donors (Lipinski definition) is 1. The molecule has 6 heteroatoms. The van der Waals surface area contributed by atoms with Crippen molar-refractivity contribution in [3.8, 4) is 5.75 Å². The molecular formula is C18H26BrClN2O2. The third-order valence-electron chi connectivity index (χ3n) is 4.62. The molecule has 4 nitrogen and oxygen atoms in total. The molecule has 1 saturated heterocycles. The van der Waals surface area contributed by atoms with Gasteiger partial charge < -0.3 is 15.0 Å². The lowest BCUT2D eigenvalue weighted by molar-refractivity contribution is -0.137. The van der Waals surface area contributed by atoms with E-state index in [9.17, 15) is 4.79 Å². The lowest BCUT2D eigenvalue weighted by Crippen LogP contribution is -2.41. The molecule has 24 heavy (non-hydrogen) atoms. The fourth-order valence-electron chi connectivity index (χ4n) is 3.23. The van der Waals surface area contributed by atoms with Crippen LogP contribution in [0, 0.1) is 5.92 Å². The smallest absolute Gasteiger partial charge is 0.226 e. The van der Waals surface area contributed by atoms with Gasteiger partial charge in [-0.1, -0.05) is 15.9 Å². The second kappa shape index (κ2) is 9.07. The molecule has 0 atom stereocenters. The molecule has 0 radical (unpaired) electrons. The van der Waals surface area contributed by atoms with Crippen molar-refractivity contribution in [2.45, 2.75) is 45.2 Å². The van der Waals surface area contributed by atoms with Crippen LogP contribution in [0.3, 0.4) is 0 Å². The van der Waals surface area contributed by atoms with Gasteiger partial charge >= 0.3 is 0 Å². The number of rotatable bonds is 6. The Hall–Kier alpha value is -0.780. The first-order valence-corrected chi connectivity index (χ1v) is 9.40. The zero-order valence-electron chi connectivity index (χ0n) is 14.1. The summed E-state index contributed by atoms with van der Waals surface area (Å²) in [6.45, 7) is 5.19. The molecule has 2 fully saturated rings. The van der Waals surface area contributed by atoms with E-state index in [4.69, 9.17) is 4.74 Å². The lowest BCUT2D eigenvalue weighted by Gasteiger charge is -2.30. The van der Waals surface area contributed by atoms with Gasteiger partial charge in [0.05, 0.1) is 6.61 Å². The number of nitrogens with one attached hydrogen (secondary N) is 1. The van der Waals surface area contributed by atoms with Gasteiger partial charge in [-0.25, -0.2) is 0 Å². The number of halogens is 2. The van der Waals surface area contributed by atoms with E-state index in [0.717, 1.165) is 54.6 Å². The van der Waals surface area contributed by atoms with Crippen LogP contribution in [0.25, 0.3) is 0 Å². The Kier molecular flexibility index (Phi) is 7.38. The zero-order chi connectivity index (χ0) is 16.2. The molecule has 1 amide bonds. The Morgan fingerprint density at radius 3 is 2.62 bits per heavy atom. The molecule has 1 aliphatic heterocycles. The number of hydrogen-bond acceptors (Lipinski definition) is 3. The van der Waals surface area contributed by atoms with Gasteiger partial charge in [-0.15, -0.1) is 12.4 Å². The van der Waals surface area contributed by atoms with Gasteiger partial charge in [0.25, 0.3) is 0 Å². The van der Waals surface area contributed by atoms with Gasteiger partial charge in [-0.05, 0) is 63.9 Å². The highest BCUT2D eigenvalue weighted by atomic mass is 79.9. The van der Waals surface area contributed by atoms with Crippen LogP contribution in [0.5, 0.6) is 5.75 Å². The number of nitrogens with zero attached hydrogens (tertiary/aromatic N) is 1. The van der Waals surface area contributed by atoms with Crippen molar-refractivity contribution in [1.29, 1.82) is 0 Å². The maximum atomic E-state index is 13.0. The van der Waals surface area contributed by atoms with Gasteiger partial charge in [0.2, 0.25) is 5.91 Å².